The first-order valence-corrected chi connectivity index (χ1v) is 12.1. The van der Waals surface area contributed by atoms with Gasteiger partial charge in [0.05, 0.1) is 17.9 Å². The largest absolute Gasteiger partial charge is 0.443 e. The summed E-state index contributed by atoms with van der Waals surface area (Å²) in [7, 11) is 0. The molecule has 2 aromatic rings. The van der Waals surface area contributed by atoms with E-state index >= 15 is 0 Å². The lowest BCUT2D eigenvalue weighted by Crippen LogP contribution is -2.52. The molecular formula is C27H32N4O5. The molecule has 2 aliphatic rings. The molecule has 190 valence electrons. The Balaban J connectivity index is 1.74. The number of anilines is 1. The fraction of sp³-hybridized carbons (Fsp3) is 0.444. The third-order valence-electron chi connectivity index (χ3n) is 6.77. The minimum atomic E-state index is -0.742. The van der Waals surface area contributed by atoms with Gasteiger partial charge in [-0.3, -0.25) is 29.6 Å². The molecule has 4 rings (SSSR count). The number of benzene rings is 1. The van der Waals surface area contributed by atoms with Gasteiger partial charge in [-0.25, -0.2) is 4.79 Å². The van der Waals surface area contributed by atoms with Crippen LogP contribution in [0.2, 0.25) is 0 Å². The van der Waals surface area contributed by atoms with Crippen LogP contribution < -0.4 is 10.2 Å². The third kappa shape index (κ3) is 4.82. The third-order valence-corrected chi connectivity index (χ3v) is 6.77. The molecule has 2 aliphatic heterocycles. The topological polar surface area (TPSA) is 109 Å². The second-order valence-electron chi connectivity index (χ2n) is 10.4. The number of aromatic nitrogens is 1. The normalized spacial score (nSPS) is 17.7. The molecule has 1 N–H and O–H groups in total. The van der Waals surface area contributed by atoms with E-state index in [1.807, 2.05) is 20.8 Å². The zero-order chi connectivity index (χ0) is 26.4. The predicted octanol–water partition coefficient (Wildman–Crippen LogP) is 3.71. The second kappa shape index (κ2) is 9.37. The van der Waals surface area contributed by atoms with E-state index in [2.05, 4.69) is 10.3 Å². The zero-order valence-electron chi connectivity index (χ0n) is 21.6. The Morgan fingerprint density at radius 2 is 1.89 bits per heavy atom. The Hall–Kier alpha value is -3.75. The van der Waals surface area contributed by atoms with Crippen molar-refractivity contribution in [2.75, 3.05) is 4.90 Å². The summed E-state index contributed by atoms with van der Waals surface area (Å²) >= 11 is 0. The number of pyridine rings is 1. The van der Waals surface area contributed by atoms with Crippen molar-refractivity contribution in [1.29, 1.82) is 0 Å². The Morgan fingerprint density at radius 3 is 2.56 bits per heavy atom. The summed E-state index contributed by atoms with van der Waals surface area (Å²) in [5.74, 6) is -1.12. The van der Waals surface area contributed by atoms with Crippen molar-refractivity contribution >= 4 is 29.5 Å². The summed E-state index contributed by atoms with van der Waals surface area (Å²) in [6, 6.07) is 4.45. The van der Waals surface area contributed by atoms with Gasteiger partial charge in [0.25, 0.3) is 5.91 Å². The SMILES string of the molecule is Cc1cnc(CN(C(=O)OC(C)(C)C)c2cccc3c2CN(C2CCC(=O)NC2=O)C3=O)c(C)c1C. The average Bonchev–Trinajstić information content (AvgIpc) is 3.12. The first-order valence-electron chi connectivity index (χ1n) is 12.1. The Kier molecular flexibility index (Phi) is 6.60. The Bertz CT molecular complexity index is 1260. The van der Waals surface area contributed by atoms with Gasteiger partial charge in [-0.05, 0) is 76.8 Å². The molecule has 9 nitrogen and oxygen atoms in total. The van der Waals surface area contributed by atoms with Crippen LogP contribution in [0.5, 0.6) is 0 Å². The number of aryl methyl sites for hydroxylation is 1. The van der Waals surface area contributed by atoms with E-state index in [4.69, 9.17) is 4.74 Å². The number of carbonyl (C=O) groups is 4. The van der Waals surface area contributed by atoms with Gasteiger partial charge in [0.15, 0.2) is 0 Å². The summed E-state index contributed by atoms with van der Waals surface area (Å²) in [6.45, 7) is 11.7. The van der Waals surface area contributed by atoms with Crippen LogP contribution in [0.1, 0.15) is 71.9 Å². The molecule has 1 aromatic carbocycles. The minimum absolute atomic E-state index is 0.148. The lowest BCUT2D eigenvalue weighted by Gasteiger charge is -2.30. The monoisotopic (exact) mass is 492 g/mol. The number of ether oxygens (including phenoxy) is 1. The molecule has 1 fully saturated rings. The number of amides is 4. The first-order chi connectivity index (χ1) is 16.9. The molecule has 36 heavy (non-hydrogen) atoms. The number of nitrogens with zero attached hydrogens (tertiary/aromatic N) is 3. The van der Waals surface area contributed by atoms with Crippen LogP contribution in [0, 0.1) is 20.8 Å². The summed E-state index contributed by atoms with van der Waals surface area (Å²) in [4.78, 5) is 58.4. The van der Waals surface area contributed by atoms with Crippen LogP contribution in [-0.4, -0.2) is 45.3 Å². The molecule has 1 aromatic heterocycles. The van der Waals surface area contributed by atoms with Gasteiger partial charge in [-0.15, -0.1) is 0 Å². The first kappa shape index (κ1) is 25.3. The standard InChI is InChI=1S/C27H32N4O5/c1-15-12-28-20(17(3)16(15)2)14-31(26(35)36-27(4,5)6)21-9-7-8-18-19(21)13-30(25(18)34)22-10-11-23(32)29-24(22)33/h7-9,12,22H,10-11,13-14H2,1-6H3,(H,29,32,33). The number of piperidine rings is 1. The van der Waals surface area contributed by atoms with Crippen molar-refractivity contribution in [2.45, 2.75) is 79.1 Å². The number of imide groups is 1. The van der Waals surface area contributed by atoms with Crippen LogP contribution in [0.25, 0.3) is 0 Å². The van der Waals surface area contributed by atoms with Crippen molar-refractivity contribution in [3.05, 3.63) is 57.9 Å². The highest BCUT2D eigenvalue weighted by Gasteiger charge is 2.41. The fourth-order valence-electron chi connectivity index (χ4n) is 4.58. The van der Waals surface area contributed by atoms with Crippen LogP contribution in [0.4, 0.5) is 10.5 Å². The van der Waals surface area contributed by atoms with E-state index in [0.717, 1.165) is 22.4 Å². The molecule has 1 saturated heterocycles. The smallest absolute Gasteiger partial charge is 0.415 e. The van der Waals surface area contributed by atoms with Gasteiger partial charge in [0.1, 0.15) is 11.6 Å². The Morgan fingerprint density at radius 1 is 1.17 bits per heavy atom. The van der Waals surface area contributed by atoms with Gasteiger partial charge < -0.3 is 9.64 Å². The fourth-order valence-corrected chi connectivity index (χ4v) is 4.58. The molecular weight excluding hydrogens is 460 g/mol. The average molecular weight is 493 g/mol. The maximum Gasteiger partial charge on any atom is 0.415 e. The second-order valence-corrected chi connectivity index (χ2v) is 10.4. The molecule has 4 amide bonds. The molecule has 1 atom stereocenters. The van der Waals surface area contributed by atoms with Crippen LogP contribution in [0.3, 0.4) is 0 Å². The number of nitrogens with one attached hydrogen (secondary N) is 1. The van der Waals surface area contributed by atoms with E-state index in [1.165, 1.54) is 9.80 Å². The molecule has 0 spiro atoms. The Labute approximate surface area is 210 Å². The molecule has 0 saturated carbocycles. The van der Waals surface area contributed by atoms with Crippen LogP contribution >= 0.6 is 0 Å². The van der Waals surface area contributed by atoms with Crippen molar-refractivity contribution in [3.8, 4) is 0 Å². The highest BCUT2D eigenvalue weighted by Crippen LogP contribution is 2.35. The van der Waals surface area contributed by atoms with E-state index in [1.54, 1.807) is 45.2 Å². The number of carbonyl (C=O) groups excluding carboxylic acids is 4. The number of hydrogen-bond acceptors (Lipinski definition) is 6. The lowest BCUT2D eigenvalue weighted by molar-refractivity contribution is -0.136. The van der Waals surface area contributed by atoms with E-state index < -0.39 is 23.6 Å². The van der Waals surface area contributed by atoms with Gasteiger partial charge in [0.2, 0.25) is 11.8 Å². The summed E-state index contributed by atoms with van der Waals surface area (Å²) < 4.78 is 5.74. The molecule has 9 heteroatoms. The van der Waals surface area contributed by atoms with Gasteiger partial charge in [-0.1, -0.05) is 6.07 Å². The van der Waals surface area contributed by atoms with Gasteiger partial charge in [0, 0.05) is 30.3 Å². The van der Waals surface area contributed by atoms with Crippen molar-refractivity contribution in [2.24, 2.45) is 0 Å². The van der Waals surface area contributed by atoms with E-state index in [-0.39, 0.29) is 37.7 Å². The zero-order valence-corrected chi connectivity index (χ0v) is 21.6. The molecule has 0 aliphatic carbocycles. The van der Waals surface area contributed by atoms with E-state index in [0.29, 0.717) is 16.8 Å². The summed E-state index contributed by atoms with van der Waals surface area (Å²) in [5, 5.41) is 2.32. The van der Waals surface area contributed by atoms with Gasteiger partial charge in [-0.2, -0.15) is 0 Å². The number of fused-ring (bicyclic) bond motifs is 1. The molecule has 3 heterocycles. The minimum Gasteiger partial charge on any atom is -0.443 e. The molecule has 0 bridgehead atoms. The summed E-state index contributed by atoms with van der Waals surface area (Å²) in [6.07, 6.45) is 1.67. The van der Waals surface area contributed by atoms with E-state index in [9.17, 15) is 19.2 Å². The molecule has 0 radical (unpaired) electrons. The number of hydrogen-bond donors (Lipinski definition) is 1. The van der Waals surface area contributed by atoms with Crippen molar-refractivity contribution < 1.29 is 23.9 Å². The van der Waals surface area contributed by atoms with Crippen molar-refractivity contribution in [3.63, 3.8) is 0 Å². The quantitative estimate of drug-likeness (QED) is 0.652. The molecule has 1 unspecified atom stereocenters. The van der Waals surface area contributed by atoms with Crippen LogP contribution in [-0.2, 0) is 27.4 Å². The predicted molar refractivity (Wildman–Crippen MR) is 133 cm³/mol. The van der Waals surface area contributed by atoms with Crippen molar-refractivity contribution in [1.82, 2.24) is 15.2 Å². The summed E-state index contributed by atoms with van der Waals surface area (Å²) in [5.41, 5.74) is 4.74. The van der Waals surface area contributed by atoms with Crippen LogP contribution in [0.15, 0.2) is 24.4 Å². The lowest BCUT2D eigenvalue weighted by atomic mass is 10.0. The number of rotatable bonds is 4. The highest BCUT2D eigenvalue weighted by molar-refractivity contribution is 6.06. The maximum atomic E-state index is 13.5. The highest BCUT2D eigenvalue weighted by atomic mass is 16.6. The van der Waals surface area contributed by atoms with Gasteiger partial charge >= 0.3 is 6.09 Å². The maximum absolute atomic E-state index is 13.5.